The van der Waals surface area contributed by atoms with Gasteiger partial charge in [-0.05, 0) is 30.2 Å². The first-order chi connectivity index (χ1) is 5.24. The zero-order chi connectivity index (χ0) is 8.27. The van der Waals surface area contributed by atoms with E-state index in [1.807, 2.05) is 0 Å². The van der Waals surface area contributed by atoms with Gasteiger partial charge in [-0.3, -0.25) is 0 Å². The van der Waals surface area contributed by atoms with Crippen molar-refractivity contribution in [2.75, 3.05) is 5.75 Å². The highest BCUT2D eigenvalue weighted by Gasteiger charge is 2.07. The van der Waals surface area contributed by atoms with Crippen molar-refractivity contribution in [3.63, 3.8) is 0 Å². The molecule has 1 nitrogen and oxygen atoms in total. The van der Waals surface area contributed by atoms with Gasteiger partial charge in [0.2, 0.25) is 0 Å². The van der Waals surface area contributed by atoms with E-state index < -0.39 is 11.2 Å². The van der Waals surface area contributed by atoms with Crippen LogP contribution < -0.4 is 0 Å². The summed E-state index contributed by atoms with van der Waals surface area (Å²) in [7, 11) is 0. The maximum absolute atomic E-state index is 12.5. The van der Waals surface area contributed by atoms with Gasteiger partial charge in [-0.25, -0.2) is 4.39 Å². The summed E-state index contributed by atoms with van der Waals surface area (Å²) < 4.78 is 23.6. The molecule has 1 atom stereocenters. The predicted octanol–water partition coefficient (Wildman–Crippen LogP) is 1.95. The van der Waals surface area contributed by atoms with E-state index in [1.54, 1.807) is 19.1 Å². The van der Waals surface area contributed by atoms with Gasteiger partial charge in [-0.1, -0.05) is 6.07 Å². The van der Waals surface area contributed by atoms with Gasteiger partial charge < -0.3 is 4.55 Å². The van der Waals surface area contributed by atoms with E-state index >= 15 is 0 Å². The zero-order valence-electron chi connectivity index (χ0n) is 6.21. The Hall–Kier alpha value is -0.540. The van der Waals surface area contributed by atoms with E-state index in [2.05, 4.69) is 0 Å². The third kappa shape index (κ3) is 2.20. The normalized spacial score (nSPS) is 13.0. The second-order valence-corrected chi connectivity index (χ2v) is 3.83. The minimum atomic E-state index is -1.04. The number of hydrogen-bond donors (Lipinski definition) is 0. The predicted molar refractivity (Wildman–Crippen MR) is 43.3 cm³/mol. The number of rotatable bonds is 2. The Balaban J connectivity index is 2.86. The van der Waals surface area contributed by atoms with Gasteiger partial charge >= 0.3 is 0 Å². The molecule has 3 heteroatoms. The zero-order valence-corrected chi connectivity index (χ0v) is 7.03. The Labute approximate surface area is 68.4 Å². The highest BCUT2D eigenvalue weighted by atomic mass is 32.2. The van der Waals surface area contributed by atoms with E-state index in [9.17, 15) is 8.94 Å². The van der Waals surface area contributed by atoms with Gasteiger partial charge in [0.1, 0.15) is 11.6 Å². The number of halogens is 1. The lowest BCUT2D eigenvalue weighted by atomic mass is 10.4. The maximum atomic E-state index is 12.5. The molecule has 0 aliphatic carbocycles. The van der Waals surface area contributed by atoms with Gasteiger partial charge in [-0.15, -0.1) is 0 Å². The monoisotopic (exact) mass is 172 g/mol. The molecule has 1 aromatic carbocycles. The van der Waals surface area contributed by atoms with Crippen LogP contribution in [-0.4, -0.2) is 10.3 Å². The van der Waals surface area contributed by atoms with Crippen molar-refractivity contribution in [1.82, 2.24) is 0 Å². The molecular weight excluding hydrogens is 163 g/mol. The second-order valence-electron chi connectivity index (χ2n) is 2.09. The fraction of sp³-hybridized carbons (Fsp3) is 0.250. The molecule has 0 fully saturated rings. The molecular formula is C8H9FOS. The Morgan fingerprint density at radius 1 is 1.55 bits per heavy atom. The Morgan fingerprint density at radius 2 is 2.27 bits per heavy atom. The molecule has 0 aromatic heterocycles. The summed E-state index contributed by atoms with van der Waals surface area (Å²) in [4.78, 5) is 0.563. The van der Waals surface area contributed by atoms with E-state index in [4.69, 9.17) is 0 Å². The minimum absolute atomic E-state index is 0.329. The maximum Gasteiger partial charge on any atom is 0.155 e. The van der Waals surface area contributed by atoms with Crippen molar-refractivity contribution >= 4 is 11.2 Å². The van der Waals surface area contributed by atoms with Crippen molar-refractivity contribution in [3.8, 4) is 0 Å². The summed E-state index contributed by atoms with van der Waals surface area (Å²) in [6.07, 6.45) is 0. The van der Waals surface area contributed by atoms with Gasteiger partial charge in [0, 0.05) is 6.07 Å². The molecule has 60 valence electrons. The number of benzene rings is 1. The van der Waals surface area contributed by atoms with Gasteiger partial charge in [0.15, 0.2) is 4.90 Å². The quantitative estimate of drug-likeness (QED) is 0.625. The molecule has 0 bridgehead atoms. The highest BCUT2D eigenvalue weighted by Crippen LogP contribution is 2.11. The molecule has 0 aliphatic heterocycles. The van der Waals surface area contributed by atoms with E-state index in [-0.39, 0.29) is 5.82 Å². The van der Waals surface area contributed by atoms with Crippen LogP contribution in [0.1, 0.15) is 6.92 Å². The van der Waals surface area contributed by atoms with Crippen molar-refractivity contribution in [2.24, 2.45) is 0 Å². The minimum Gasteiger partial charge on any atom is -0.611 e. The molecule has 1 rings (SSSR count). The third-order valence-corrected chi connectivity index (χ3v) is 2.63. The summed E-state index contributed by atoms with van der Waals surface area (Å²) in [6.45, 7) is 1.81. The fourth-order valence-electron chi connectivity index (χ4n) is 0.775. The van der Waals surface area contributed by atoms with Gasteiger partial charge in [0.05, 0.1) is 0 Å². The van der Waals surface area contributed by atoms with Crippen LogP contribution in [-0.2, 0) is 11.2 Å². The SMILES string of the molecule is CC[S+]([O-])c1cccc(F)c1. The summed E-state index contributed by atoms with van der Waals surface area (Å²) in [5.41, 5.74) is 0. The van der Waals surface area contributed by atoms with E-state index in [0.29, 0.717) is 10.6 Å². The molecule has 11 heavy (non-hydrogen) atoms. The first kappa shape index (κ1) is 8.56. The lowest BCUT2D eigenvalue weighted by molar-refractivity contribution is 0.591. The van der Waals surface area contributed by atoms with Crippen molar-refractivity contribution in [2.45, 2.75) is 11.8 Å². The summed E-state index contributed by atoms with van der Waals surface area (Å²) >= 11 is -1.04. The third-order valence-electron chi connectivity index (χ3n) is 1.32. The van der Waals surface area contributed by atoms with E-state index in [1.165, 1.54) is 12.1 Å². The molecule has 0 heterocycles. The highest BCUT2D eigenvalue weighted by molar-refractivity contribution is 7.91. The summed E-state index contributed by atoms with van der Waals surface area (Å²) in [5, 5.41) is 0. The molecule has 0 saturated heterocycles. The van der Waals surface area contributed by atoms with Crippen LogP contribution in [0, 0.1) is 5.82 Å². The average Bonchev–Trinajstić information content (AvgIpc) is 2.03. The largest absolute Gasteiger partial charge is 0.611 e. The van der Waals surface area contributed by atoms with Crippen LogP contribution in [0.5, 0.6) is 0 Å². The molecule has 0 amide bonds. The van der Waals surface area contributed by atoms with Crippen molar-refractivity contribution in [1.29, 1.82) is 0 Å². The van der Waals surface area contributed by atoms with Crippen LogP contribution in [0.2, 0.25) is 0 Å². The molecule has 0 radical (unpaired) electrons. The molecule has 1 aromatic rings. The van der Waals surface area contributed by atoms with Crippen molar-refractivity contribution in [3.05, 3.63) is 30.1 Å². The topological polar surface area (TPSA) is 23.1 Å². The van der Waals surface area contributed by atoms with E-state index in [0.717, 1.165) is 0 Å². The standard InChI is InChI=1S/C8H9FOS/c1-2-11(10)8-5-3-4-7(9)6-8/h3-6H,2H2,1H3. The van der Waals surface area contributed by atoms with Crippen molar-refractivity contribution < 1.29 is 8.94 Å². The molecule has 0 saturated carbocycles. The molecule has 1 unspecified atom stereocenters. The Bertz CT molecular complexity index is 239. The lowest BCUT2D eigenvalue weighted by Crippen LogP contribution is -2.03. The average molecular weight is 172 g/mol. The summed E-state index contributed by atoms with van der Waals surface area (Å²) in [6, 6.07) is 5.89. The van der Waals surface area contributed by atoms with Crippen LogP contribution in [0.25, 0.3) is 0 Å². The lowest BCUT2D eigenvalue weighted by Gasteiger charge is -2.06. The second kappa shape index (κ2) is 3.74. The first-order valence-corrected chi connectivity index (χ1v) is 4.70. The number of hydrogen-bond acceptors (Lipinski definition) is 1. The molecule has 0 N–H and O–H groups in total. The van der Waals surface area contributed by atoms with Crippen LogP contribution >= 0.6 is 0 Å². The fourth-order valence-corrected chi connectivity index (χ4v) is 1.58. The van der Waals surface area contributed by atoms with Crippen LogP contribution in [0.15, 0.2) is 29.2 Å². The Morgan fingerprint density at radius 3 is 2.82 bits per heavy atom. The molecule has 0 spiro atoms. The van der Waals surface area contributed by atoms with Crippen LogP contribution in [0.3, 0.4) is 0 Å². The summed E-state index contributed by atoms with van der Waals surface area (Å²) in [5.74, 6) is 0.202. The molecule has 0 aliphatic rings. The Kier molecular flexibility index (Phi) is 2.91. The first-order valence-electron chi connectivity index (χ1n) is 3.38. The van der Waals surface area contributed by atoms with Gasteiger partial charge in [0.25, 0.3) is 0 Å². The smallest absolute Gasteiger partial charge is 0.155 e. The van der Waals surface area contributed by atoms with Gasteiger partial charge in [-0.2, -0.15) is 0 Å². The van der Waals surface area contributed by atoms with Crippen LogP contribution in [0.4, 0.5) is 4.39 Å².